The standard InChI is InChI=1S/C15H24N4O2.CH2O2/c1-17-12-16-11-14(17)15(20)19-6-2-5-18(7-8-19)13-3-9-21-10-4-13;2-1-3/h11-13H,2-10H2,1H3;1H,(H,2,3). The monoisotopic (exact) mass is 338 g/mol. The lowest BCUT2D eigenvalue weighted by atomic mass is 10.1. The van der Waals surface area contributed by atoms with Gasteiger partial charge >= 0.3 is 0 Å². The lowest BCUT2D eigenvalue weighted by molar-refractivity contribution is -0.122. The van der Waals surface area contributed by atoms with E-state index in [1.807, 2.05) is 11.9 Å². The van der Waals surface area contributed by atoms with E-state index in [1.165, 1.54) is 0 Å². The lowest BCUT2D eigenvalue weighted by Gasteiger charge is -2.33. The van der Waals surface area contributed by atoms with E-state index in [2.05, 4.69) is 9.88 Å². The molecule has 3 heterocycles. The van der Waals surface area contributed by atoms with Gasteiger partial charge in [0.15, 0.2) is 0 Å². The summed E-state index contributed by atoms with van der Waals surface area (Å²) >= 11 is 0. The second kappa shape index (κ2) is 9.39. The van der Waals surface area contributed by atoms with Crippen molar-refractivity contribution in [3.8, 4) is 0 Å². The van der Waals surface area contributed by atoms with Crippen LogP contribution in [0.15, 0.2) is 12.5 Å². The zero-order valence-corrected chi connectivity index (χ0v) is 14.1. The summed E-state index contributed by atoms with van der Waals surface area (Å²) in [5.41, 5.74) is 0.675. The van der Waals surface area contributed by atoms with E-state index in [0.717, 1.165) is 58.7 Å². The Hall–Kier alpha value is -1.93. The molecule has 2 saturated heterocycles. The molecule has 0 aromatic carbocycles. The van der Waals surface area contributed by atoms with E-state index < -0.39 is 0 Å². The minimum absolute atomic E-state index is 0.101. The number of carboxylic acid groups (broad SMARTS) is 1. The number of amides is 1. The van der Waals surface area contributed by atoms with Crippen molar-refractivity contribution in [1.82, 2.24) is 19.4 Å². The number of rotatable bonds is 2. The van der Waals surface area contributed by atoms with Gasteiger partial charge in [0.25, 0.3) is 12.4 Å². The Morgan fingerprint density at radius 1 is 1.29 bits per heavy atom. The van der Waals surface area contributed by atoms with E-state index in [9.17, 15) is 4.79 Å². The van der Waals surface area contributed by atoms with Crippen LogP contribution >= 0.6 is 0 Å². The van der Waals surface area contributed by atoms with Gasteiger partial charge < -0.3 is 19.3 Å². The van der Waals surface area contributed by atoms with Gasteiger partial charge in [-0.25, -0.2) is 4.98 Å². The van der Waals surface area contributed by atoms with Gasteiger partial charge in [-0.15, -0.1) is 0 Å². The van der Waals surface area contributed by atoms with E-state index in [1.54, 1.807) is 17.1 Å². The summed E-state index contributed by atoms with van der Waals surface area (Å²) in [6.07, 6.45) is 6.62. The highest BCUT2D eigenvalue weighted by Crippen LogP contribution is 2.17. The third-order valence-corrected chi connectivity index (χ3v) is 4.56. The van der Waals surface area contributed by atoms with Gasteiger partial charge in [-0.3, -0.25) is 14.5 Å². The van der Waals surface area contributed by atoms with Crippen LogP contribution in [-0.2, 0) is 16.6 Å². The maximum absolute atomic E-state index is 12.5. The molecular weight excluding hydrogens is 312 g/mol. The van der Waals surface area contributed by atoms with E-state index >= 15 is 0 Å². The minimum atomic E-state index is -0.250. The number of carbonyl (C=O) groups is 2. The molecule has 2 aliphatic rings. The Morgan fingerprint density at radius 3 is 2.62 bits per heavy atom. The number of aryl methyl sites for hydroxylation is 1. The molecule has 2 fully saturated rings. The van der Waals surface area contributed by atoms with Crippen molar-refractivity contribution in [2.24, 2.45) is 7.05 Å². The first-order chi connectivity index (χ1) is 11.7. The van der Waals surface area contributed by atoms with Gasteiger partial charge in [-0.1, -0.05) is 0 Å². The number of nitrogens with zero attached hydrogens (tertiary/aromatic N) is 4. The van der Waals surface area contributed by atoms with Gasteiger partial charge in [-0.2, -0.15) is 0 Å². The summed E-state index contributed by atoms with van der Waals surface area (Å²) in [6, 6.07) is 0.630. The number of imidazole rings is 1. The van der Waals surface area contributed by atoms with Crippen LogP contribution in [0.1, 0.15) is 29.8 Å². The van der Waals surface area contributed by atoms with Crippen LogP contribution in [0.3, 0.4) is 0 Å². The topological polar surface area (TPSA) is 87.9 Å². The molecule has 3 rings (SSSR count). The van der Waals surface area contributed by atoms with Gasteiger partial charge in [0.05, 0.1) is 12.5 Å². The Morgan fingerprint density at radius 2 is 2.00 bits per heavy atom. The number of ether oxygens (including phenoxy) is 1. The molecule has 1 aromatic heterocycles. The molecule has 1 amide bonds. The molecule has 0 atom stereocenters. The molecule has 1 N–H and O–H groups in total. The van der Waals surface area contributed by atoms with Crippen molar-refractivity contribution >= 4 is 12.4 Å². The highest BCUT2D eigenvalue weighted by Gasteiger charge is 2.26. The summed E-state index contributed by atoms with van der Waals surface area (Å²) in [7, 11) is 1.87. The van der Waals surface area contributed by atoms with Gasteiger partial charge in [0.2, 0.25) is 0 Å². The molecule has 0 aliphatic carbocycles. The van der Waals surface area contributed by atoms with Crippen LogP contribution in [0.2, 0.25) is 0 Å². The van der Waals surface area contributed by atoms with Gasteiger partial charge in [0, 0.05) is 52.5 Å². The maximum atomic E-state index is 12.5. The lowest BCUT2D eigenvalue weighted by Crippen LogP contribution is -2.42. The first-order valence-corrected chi connectivity index (χ1v) is 8.32. The number of aromatic nitrogens is 2. The predicted molar refractivity (Wildman–Crippen MR) is 87.8 cm³/mol. The Bertz CT molecular complexity index is 528. The molecule has 134 valence electrons. The second-order valence-electron chi connectivity index (χ2n) is 6.02. The zero-order valence-electron chi connectivity index (χ0n) is 14.1. The number of carbonyl (C=O) groups excluding carboxylic acids is 1. The second-order valence-corrected chi connectivity index (χ2v) is 6.02. The van der Waals surface area contributed by atoms with Crippen molar-refractivity contribution in [2.75, 3.05) is 39.4 Å². The van der Waals surface area contributed by atoms with Crippen LogP contribution in [0, 0.1) is 0 Å². The van der Waals surface area contributed by atoms with E-state index in [-0.39, 0.29) is 12.4 Å². The first-order valence-electron chi connectivity index (χ1n) is 8.32. The molecule has 0 spiro atoms. The number of hydrogen-bond acceptors (Lipinski definition) is 5. The molecular formula is C16H26N4O4. The van der Waals surface area contributed by atoms with E-state index in [4.69, 9.17) is 14.6 Å². The summed E-state index contributed by atoms with van der Waals surface area (Å²) < 4.78 is 7.24. The molecule has 8 heteroatoms. The van der Waals surface area contributed by atoms with Crippen molar-refractivity contribution < 1.29 is 19.4 Å². The van der Waals surface area contributed by atoms with Crippen LogP contribution in [0.4, 0.5) is 0 Å². The molecule has 0 unspecified atom stereocenters. The van der Waals surface area contributed by atoms with Crippen LogP contribution in [0.25, 0.3) is 0 Å². The third-order valence-electron chi connectivity index (χ3n) is 4.56. The highest BCUT2D eigenvalue weighted by atomic mass is 16.5. The molecule has 1 aromatic rings. The molecule has 8 nitrogen and oxygen atoms in total. The molecule has 24 heavy (non-hydrogen) atoms. The molecule has 0 bridgehead atoms. The van der Waals surface area contributed by atoms with Gasteiger partial charge in [-0.05, 0) is 19.3 Å². The normalized spacial score (nSPS) is 20.0. The quantitative estimate of drug-likeness (QED) is 0.788. The minimum Gasteiger partial charge on any atom is -0.483 e. The third kappa shape index (κ3) is 4.78. The highest BCUT2D eigenvalue weighted by molar-refractivity contribution is 5.92. The Labute approximate surface area is 142 Å². The largest absolute Gasteiger partial charge is 0.483 e. The van der Waals surface area contributed by atoms with Crippen LogP contribution in [0.5, 0.6) is 0 Å². The summed E-state index contributed by atoms with van der Waals surface area (Å²) in [4.78, 5) is 29.5. The number of hydrogen-bond donors (Lipinski definition) is 1. The Kier molecular flexibility index (Phi) is 7.20. The van der Waals surface area contributed by atoms with Crippen molar-refractivity contribution in [2.45, 2.75) is 25.3 Å². The summed E-state index contributed by atoms with van der Waals surface area (Å²) in [5, 5.41) is 6.89. The zero-order chi connectivity index (χ0) is 17.4. The maximum Gasteiger partial charge on any atom is 0.290 e. The van der Waals surface area contributed by atoms with Gasteiger partial charge in [0.1, 0.15) is 5.69 Å². The SMILES string of the molecule is Cn1cncc1C(=O)N1CCCN(C2CCOCC2)CC1.O=CO. The summed E-state index contributed by atoms with van der Waals surface area (Å²) in [5.74, 6) is 0.101. The average Bonchev–Trinajstić information content (AvgIpc) is 2.88. The molecule has 0 saturated carbocycles. The summed E-state index contributed by atoms with van der Waals surface area (Å²) in [6.45, 7) is 5.19. The predicted octanol–water partition coefficient (Wildman–Crippen LogP) is 0.448. The Balaban J connectivity index is 0.000000647. The molecule has 2 aliphatic heterocycles. The van der Waals surface area contributed by atoms with Crippen molar-refractivity contribution in [3.05, 3.63) is 18.2 Å². The first kappa shape index (κ1) is 18.4. The van der Waals surface area contributed by atoms with E-state index in [0.29, 0.717) is 11.7 Å². The van der Waals surface area contributed by atoms with Crippen LogP contribution < -0.4 is 0 Å². The van der Waals surface area contributed by atoms with Crippen molar-refractivity contribution in [1.29, 1.82) is 0 Å². The average molecular weight is 338 g/mol. The smallest absolute Gasteiger partial charge is 0.290 e. The molecule has 0 radical (unpaired) electrons. The fourth-order valence-corrected chi connectivity index (χ4v) is 3.28. The fourth-order valence-electron chi connectivity index (χ4n) is 3.28. The van der Waals surface area contributed by atoms with Crippen LogP contribution in [-0.4, -0.2) is 82.3 Å². The fraction of sp³-hybridized carbons (Fsp3) is 0.688. The van der Waals surface area contributed by atoms with Crippen molar-refractivity contribution in [3.63, 3.8) is 0 Å².